The molecule has 10 heteroatoms. The molecule has 0 radical (unpaired) electrons. The molecule has 2 aromatic heterocycles. The third-order valence-electron chi connectivity index (χ3n) is 3.90. The molecule has 0 spiro atoms. The normalized spacial score (nSPS) is 13.0. The van der Waals surface area contributed by atoms with Crippen LogP contribution in [0.4, 0.5) is 13.2 Å². The van der Waals surface area contributed by atoms with Crippen molar-refractivity contribution >= 4 is 21.8 Å². The highest BCUT2D eigenvalue weighted by atomic mass is 32.2. The summed E-state index contributed by atoms with van der Waals surface area (Å²) in [6, 6.07) is 3.68. The Hall–Kier alpha value is -2.62. The predicted octanol–water partition coefficient (Wildman–Crippen LogP) is 3.79. The number of nitrogens with one attached hydrogen (secondary N) is 1. The number of nitrogens with zero attached hydrogens (tertiary/aromatic N) is 2. The lowest BCUT2D eigenvalue weighted by molar-refractivity contribution is -0.274. The van der Waals surface area contributed by atoms with E-state index in [1.54, 1.807) is 13.3 Å². The van der Waals surface area contributed by atoms with Gasteiger partial charge in [0, 0.05) is 23.4 Å². The second kappa shape index (κ2) is 7.18. The number of hydrogen-bond donors (Lipinski definition) is 1. The van der Waals surface area contributed by atoms with Crippen molar-refractivity contribution in [3.63, 3.8) is 0 Å². The van der Waals surface area contributed by atoms with Crippen LogP contribution in [0.3, 0.4) is 0 Å². The summed E-state index contributed by atoms with van der Waals surface area (Å²) in [5.74, 6) is 0.390. The van der Waals surface area contributed by atoms with Crippen molar-refractivity contribution < 1.29 is 26.9 Å². The van der Waals surface area contributed by atoms with Crippen LogP contribution in [0.2, 0.25) is 0 Å². The first-order valence-corrected chi connectivity index (χ1v) is 9.13. The van der Waals surface area contributed by atoms with E-state index >= 15 is 0 Å². The number of fused-ring (bicyclic) bond motifs is 1. The average Bonchev–Trinajstić information content (AvgIpc) is 3.00. The number of halogens is 3. The monoisotopic (exact) mass is 399 g/mol. The molecule has 0 saturated heterocycles. The van der Waals surface area contributed by atoms with Gasteiger partial charge in [0.25, 0.3) is 0 Å². The quantitative estimate of drug-likeness (QED) is 0.706. The fourth-order valence-electron chi connectivity index (χ4n) is 2.68. The summed E-state index contributed by atoms with van der Waals surface area (Å²) in [5, 5.41) is 0.148. The van der Waals surface area contributed by atoms with E-state index in [2.05, 4.69) is 19.7 Å². The maximum absolute atomic E-state index is 12.7. The number of methoxy groups -OCH3 is 1. The van der Waals surface area contributed by atoms with Crippen molar-refractivity contribution in [3.8, 4) is 11.5 Å². The molecule has 0 bridgehead atoms. The Labute approximate surface area is 155 Å². The summed E-state index contributed by atoms with van der Waals surface area (Å²) in [5.41, 5.74) is 2.93. The first kappa shape index (κ1) is 19.2. The van der Waals surface area contributed by atoms with Crippen LogP contribution in [-0.4, -0.2) is 32.6 Å². The molecule has 0 saturated carbocycles. The van der Waals surface area contributed by atoms with Gasteiger partial charge in [-0.25, -0.2) is 4.98 Å². The number of ether oxygens (including phenoxy) is 2. The number of pyridine rings is 1. The first-order chi connectivity index (χ1) is 12.7. The number of aromatic nitrogens is 3. The van der Waals surface area contributed by atoms with Crippen LogP contribution in [0.15, 0.2) is 29.6 Å². The Morgan fingerprint density at radius 3 is 2.67 bits per heavy atom. The number of rotatable bonds is 5. The van der Waals surface area contributed by atoms with Crippen LogP contribution in [0, 0.1) is 13.8 Å². The molecule has 0 amide bonds. The van der Waals surface area contributed by atoms with Crippen LogP contribution >= 0.6 is 0 Å². The number of alkyl halides is 3. The van der Waals surface area contributed by atoms with Gasteiger partial charge in [0.05, 0.1) is 40.4 Å². The lowest BCUT2D eigenvalue weighted by atomic mass is 10.1. The van der Waals surface area contributed by atoms with E-state index in [1.165, 1.54) is 6.07 Å². The minimum atomic E-state index is -4.78. The number of H-pyrrole nitrogens is 1. The average molecular weight is 399 g/mol. The van der Waals surface area contributed by atoms with Gasteiger partial charge in [0.15, 0.2) is 5.16 Å². The lowest BCUT2D eigenvalue weighted by Crippen LogP contribution is -2.16. The molecule has 0 fully saturated rings. The summed E-state index contributed by atoms with van der Waals surface area (Å²) in [4.78, 5) is 11.3. The Bertz CT molecular complexity index is 1020. The van der Waals surface area contributed by atoms with E-state index in [-0.39, 0.29) is 16.7 Å². The standard InChI is InChI=1S/C17H16F3N3O3S/c1-9-7-21-14(10(2)15(9)25-3)8-27(24)16-22-12-5-4-11(6-13(12)23-16)26-17(18,19)20/h4-7H,8H2,1-3H3,(H,22,23)/t27-/m0/s1. The first-order valence-electron chi connectivity index (χ1n) is 7.81. The minimum Gasteiger partial charge on any atom is -0.496 e. The number of hydrogen-bond acceptors (Lipinski definition) is 5. The highest BCUT2D eigenvalue weighted by molar-refractivity contribution is 7.84. The fourth-order valence-corrected chi connectivity index (χ4v) is 3.78. The van der Waals surface area contributed by atoms with E-state index in [9.17, 15) is 17.4 Å². The van der Waals surface area contributed by atoms with Crippen LogP contribution in [-0.2, 0) is 16.6 Å². The van der Waals surface area contributed by atoms with Gasteiger partial charge in [0.2, 0.25) is 0 Å². The predicted molar refractivity (Wildman–Crippen MR) is 93.2 cm³/mol. The lowest BCUT2D eigenvalue weighted by Gasteiger charge is -2.11. The van der Waals surface area contributed by atoms with Crippen molar-refractivity contribution in [2.45, 2.75) is 31.1 Å². The van der Waals surface area contributed by atoms with Gasteiger partial charge < -0.3 is 14.5 Å². The molecule has 2 heterocycles. The van der Waals surface area contributed by atoms with E-state index in [4.69, 9.17) is 4.74 Å². The topological polar surface area (TPSA) is 77.1 Å². The highest BCUT2D eigenvalue weighted by Gasteiger charge is 2.31. The van der Waals surface area contributed by atoms with Gasteiger partial charge in [-0.2, -0.15) is 0 Å². The van der Waals surface area contributed by atoms with Crippen molar-refractivity contribution in [1.29, 1.82) is 0 Å². The number of benzene rings is 1. The molecule has 0 aliphatic carbocycles. The Morgan fingerprint density at radius 2 is 2.00 bits per heavy atom. The van der Waals surface area contributed by atoms with Crippen molar-refractivity contribution in [1.82, 2.24) is 15.0 Å². The molecule has 0 unspecified atom stereocenters. The van der Waals surface area contributed by atoms with E-state index in [0.717, 1.165) is 23.3 Å². The second-order valence-corrected chi connectivity index (χ2v) is 7.17. The maximum Gasteiger partial charge on any atom is 0.573 e. The Balaban J connectivity index is 1.86. The summed E-state index contributed by atoms with van der Waals surface area (Å²) in [6.07, 6.45) is -3.15. The van der Waals surface area contributed by atoms with Crippen LogP contribution in [0.1, 0.15) is 16.8 Å². The van der Waals surface area contributed by atoms with Gasteiger partial charge in [-0.15, -0.1) is 13.2 Å². The third kappa shape index (κ3) is 4.21. The Kier molecular flexibility index (Phi) is 5.09. The summed E-state index contributed by atoms with van der Waals surface area (Å²) in [6.45, 7) is 3.68. The van der Waals surface area contributed by atoms with Gasteiger partial charge in [-0.3, -0.25) is 9.19 Å². The van der Waals surface area contributed by atoms with Gasteiger partial charge in [-0.05, 0) is 26.0 Å². The van der Waals surface area contributed by atoms with Gasteiger partial charge >= 0.3 is 6.36 Å². The molecule has 3 rings (SSSR count). The molecule has 3 aromatic rings. The van der Waals surface area contributed by atoms with E-state index in [1.807, 2.05) is 13.8 Å². The van der Waals surface area contributed by atoms with Crippen LogP contribution in [0.25, 0.3) is 11.0 Å². The van der Waals surface area contributed by atoms with Crippen LogP contribution < -0.4 is 9.47 Å². The molecular formula is C17H16F3N3O3S. The van der Waals surface area contributed by atoms with Crippen molar-refractivity contribution in [3.05, 3.63) is 41.2 Å². The maximum atomic E-state index is 12.7. The zero-order chi connectivity index (χ0) is 19.8. The molecule has 0 aliphatic rings. The zero-order valence-electron chi connectivity index (χ0n) is 14.7. The molecule has 27 heavy (non-hydrogen) atoms. The molecule has 1 atom stereocenters. The van der Waals surface area contributed by atoms with E-state index in [0.29, 0.717) is 22.5 Å². The van der Waals surface area contributed by atoms with E-state index < -0.39 is 17.2 Å². The molecule has 0 aliphatic heterocycles. The number of aryl methyl sites for hydroxylation is 1. The molecule has 1 N–H and O–H groups in total. The largest absolute Gasteiger partial charge is 0.573 e. The molecule has 144 valence electrons. The number of imidazole rings is 1. The minimum absolute atomic E-state index is 0.0915. The molecule has 1 aromatic carbocycles. The van der Waals surface area contributed by atoms with Crippen molar-refractivity contribution in [2.24, 2.45) is 0 Å². The smallest absolute Gasteiger partial charge is 0.496 e. The van der Waals surface area contributed by atoms with Gasteiger partial charge in [0.1, 0.15) is 11.5 Å². The van der Waals surface area contributed by atoms with Gasteiger partial charge in [-0.1, -0.05) is 0 Å². The highest BCUT2D eigenvalue weighted by Crippen LogP contribution is 2.28. The van der Waals surface area contributed by atoms with Crippen LogP contribution in [0.5, 0.6) is 11.5 Å². The summed E-state index contributed by atoms with van der Waals surface area (Å²) >= 11 is 0. The zero-order valence-corrected chi connectivity index (χ0v) is 15.5. The number of aromatic amines is 1. The molecular weight excluding hydrogens is 383 g/mol. The summed E-state index contributed by atoms with van der Waals surface area (Å²) in [7, 11) is -0.0161. The molecule has 6 nitrogen and oxygen atoms in total. The summed E-state index contributed by atoms with van der Waals surface area (Å²) < 4.78 is 58.9. The third-order valence-corrected chi connectivity index (χ3v) is 5.06. The van der Waals surface area contributed by atoms with Crippen molar-refractivity contribution in [2.75, 3.05) is 7.11 Å². The fraction of sp³-hybridized carbons (Fsp3) is 0.294. The second-order valence-electron chi connectivity index (χ2n) is 5.80. The Morgan fingerprint density at radius 1 is 1.26 bits per heavy atom. The SMILES string of the molecule is COc1c(C)cnc(C[S@](=O)c2nc3ccc(OC(F)(F)F)cc3[nH]2)c1C.